The first-order valence-electron chi connectivity index (χ1n) is 9.53. The number of hydrogen-bond acceptors (Lipinski definition) is 5. The van der Waals surface area contributed by atoms with Crippen LogP contribution in [-0.2, 0) is 0 Å². The van der Waals surface area contributed by atoms with Gasteiger partial charge in [0.1, 0.15) is 0 Å². The highest BCUT2D eigenvalue weighted by atomic mass is 16.5. The standard InChI is InChI=1S/C24H24N2O5/c1-26(19-11-6-5-7-12-19)24(28)16-9-8-10-18(13-16)25-23(27)17-14-20(29-2)22(31-4)21(15-17)30-3/h5-15H,1-4H3,(H,25,27). The zero-order chi connectivity index (χ0) is 22.4. The van der Waals surface area contributed by atoms with Crippen LogP contribution in [0.3, 0.4) is 0 Å². The van der Waals surface area contributed by atoms with Crippen LogP contribution in [0, 0.1) is 0 Å². The molecule has 1 N–H and O–H groups in total. The SMILES string of the molecule is COc1cc(C(=O)Nc2cccc(C(=O)N(C)c3ccccc3)c2)cc(OC)c1OC. The van der Waals surface area contributed by atoms with Crippen molar-refractivity contribution in [3.8, 4) is 17.2 Å². The fraction of sp³-hybridized carbons (Fsp3) is 0.167. The van der Waals surface area contributed by atoms with E-state index in [0.717, 1.165) is 5.69 Å². The van der Waals surface area contributed by atoms with Gasteiger partial charge in [-0.05, 0) is 42.5 Å². The van der Waals surface area contributed by atoms with Gasteiger partial charge >= 0.3 is 0 Å². The lowest BCUT2D eigenvalue weighted by atomic mass is 10.1. The molecule has 3 aromatic rings. The lowest BCUT2D eigenvalue weighted by Gasteiger charge is -2.18. The molecular weight excluding hydrogens is 396 g/mol. The molecule has 0 bridgehead atoms. The molecule has 0 unspecified atom stereocenters. The van der Waals surface area contributed by atoms with E-state index in [1.165, 1.54) is 21.3 Å². The van der Waals surface area contributed by atoms with E-state index < -0.39 is 0 Å². The molecule has 3 rings (SSSR count). The summed E-state index contributed by atoms with van der Waals surface area (Å²) < 4.78 is 15.9. The zero-order valence-corrected chi connectivity index (χ0v) is 17.8. The molecule has 0 fully saturated rings. The van der Waals surface area contributed by atoms with Gasteiger partial charge in [-0.1, -0.05) is 24.3 Å². The average Bonchev–Trinajstić information content (AvgIpc) is 2.82. The van der Waals surface area contributed by atoms with E-state index in [-0.39, 0.29) is 11.8 Å². The Morgan fingerprint density at radius 1 is 0.774 bits per heavy atom. The third kappa shape index (κ3) is 4.78. The second-order valence-corrected chi connectivity index (χ2v) is 6.65. The maximum Gasteiger partial charge on any atom is 0.258 e. The Morgan fingerprint density at radius 3 is 2.00 bits per heavy atom. The Morgan fingerprint density at radius 2 is 1.42 bits per heavy atom. The zero-order valence-electron chi connectivity index (χ0n) is 17.8. The summed E-state index contributed by atoms with van der Waals surface area (Å²) >= 11 is 0. The molecule has 7 heteroatoms. The van der Waals surface area contributed by atoms with Crippen LogP contribution in [0.25, 0.3) is 0 Å². The summed E-state index contributed by atoms with van der Waals surface area (Å²) in [6.07, 6.45) is 0. The van der Waals surface area contributed by atoms with Crippen molar-refractivity contribution in [1.29, 1.82) is 0 Å². The first-order chi connectivity index (χ1) is 15.0. The summed E-state index contributed by atoms with van der Waals surface area (Å²) in [4.78, 5) is 27.2. The number of benzene rings is 3. The van der Waals surface area contributed by atoms with E-state index in [0.29, 0.717) is 34.1 Å². The number of carbonyl (C=O) groups excluding carboxylic acids is 2. The topological polar surface area (TPSA) is 77.1 Å². The molecule has 0 aromatic heterocycles. The van der Waals surface area contributed by atoms with Gasteiger partial charge in [-0.3, -0.25) is 9.59 Å². The summed E-state index contributed by atoms with van der Waals surface area (Å²) in [5.74, 6) is 0.592. The van der Waals surface area contributed by atoms with Crippen LogP contribution in [-0.4, -0.2) is 40.2 Å². The molecule has 0 atom stereocenters. The number of para-hydroxylation sites is 1. The van der Waals surface area contributed by atoms with Crippen molar-refractivity contribution in [2.24, 2.45) is 0 Å². The summed E-state index contributed by atoms with van der Waals surface area (Å²) in [7, 11) is 6.17. The number of methoxy groups -OCH3 is 3. The second kappa shape index (κ2) is 9.67. The van der Waals surface area contributed by atoms with Crippen molar-refractivity contribution in [2.45, 2.75) is 0 Å². The molecule has 0 heterocycles. The first-order valence-corrected chi connectivity index (χ1v) is 9.53. The minimum atomic E-state index is -0.375. The predicted octanol–water partition coefficient (Wildman–Crippen LogP) is 4.24. The second-order valence-electron chi connectivity index (χ2n) is 6.65. The van der Waals surface area contributed by atoms with Crippen LogP contribution in [0.5, 0.6) is 17.2 Å². The lowest BCUT2D eigenvalue weighted by Crippen LogP contribution is -2.26. The van der Waals surface area contributed by atoms with Gasteiger partial charge in [-0.2, -0.15) is 0 Å². The fourth-order valence-corrected chi connectivity index (χ4v) is 3.11. The van der Waals surface area contributed by atoms with E-state index in [4.69, 9.17) is 14.2 Å². The van der Waals surface area contributed by atoms with Crippen molar-refractivity contribution in [1.82, 2.24) is 0 Å². The quantitative estimate of drug-likeness (QED) is 0.619. The van der Waals surface area contributed by atoms with Gasteiger partial charge in [0.2, 0.25) is 5.75 Å². The minimum absolute atomic E-state index is 0.185. The minimum Gasteiger partial charge on any atom is -0.493 e. The Kier molecular flexibility index (Phi) is 6.77. The van der Waals surface area contributed by atoms with E-state index in [9.17, 15) is 9.59 Å². The number of ether oxygens (including phenoxy) is 3. The third-order valence-electron chi connectivity index (χ3n) is 4.74. The highest BCUT2D eigenvalue weighted by molar-refractivity contribution is 6.08. The van der Waals surface area contributed by atoms with Crippen LogP contribution in [0.15, 0.2) is 66.7 Å². The molecule has 2 amide bonds. The largest absolute Gasteiger partial charge is 0.493 e. The molecule has 0 aliphatic carbocycles. The molecule has 0 radical (unpaired) electrons. The van der Waals surface area contributed by atoms with Crippen LogP contribution < -0.4 is 24.4 Å². The van der Waals surface area contributed by atoms with Crippen LogP contribution in [0.1, 0.15) is 20.7 Å². The van der Waals surface area contributed by atoms with E-state index >= 15 is 0 Å². The number of hydrogen-bond donors (Lipinski definition) is 1. The van der Waals surface area contributed by atoms with Gasteiger partial charge in [-0.25, -0.2) is 0 Å². The molecule has 7 nitrogen and oxygen atoms in total. The molecule has 31 heavy (non-hydrogen) atoms. The van der Waals surface area contributed by atoms with E-state index in [2.05, 4.69) is 5.32 Å². The van der Waals surface area contributed by atoms with E-state index in [1.807, 2.05) is 30.3 Å². The molecule has 0 aliphatic heterocycles. The molecule has 0 saturated heterocycles. The van der Waals surface area contributed by atoms with Gasteiger partial charge < -0.3 is 24.4 Å². The van der Waals surface area contributed by atoms with Crippen molar-refractivity contribution in [3.63, 3.8) is 0 Å². The number of nitrogens with zero attached hydrogens (tertiary/aromatic N) is 1. The van der Waals surface area contributed by atoms with Crippen molar-refractivity contribution in [3.05, 3.63) is 77.9 Å². The van der Waals surface area contributed by atoms with Gasteiger partial charge in [0, 0.05) is 29.5 Å². The number of anilines is 2. The Hall–Kier alpha value is -4.00. The summed E-state index contributed by atoms with van der Waals surface area (Å²) in [6.45, 7) is 0. The maximum absolute atomic E-state index is 12.9. The van der Waals surface area contributed by atoms with Gasteiger partial charge in [-0.15, -0.1) is 0 Å². The Bertz CT molecular complexity index is 1060. The van der Waals surface area contributed by atoms with Crippen LogP contribution in [0.4, 0.5) is 11.4 Å². The number of carbonyl (C=O) groups is 2. The van der Waals surface area contributed by atoms with Crippen molar-refractivity contribution in [2.75, 3.05) is 38.6 Å². The third-order valence-corrected chi connectivity index (χ3v) is 4.74. The molecule has 3 aromatic carbocycles. The maximum atomic E-state index is 12.9. The molecule has 0 aliphatic rings. The summed E-state index contributed by atoms with van der Waals surface area (Å²) in [6, 6.07) is 19.2. The fourth-order valence-electron chi connectivity index (χ4n) is 3.11. The lowest BCUT2D eigenvalue weighted by molar-refractivity contribution is 0.0990. The van der Waals surface area contributed by atoms with Crippen LogP contribution >= 0.6 is 0 Å². The molecule has 0 spiro atoms. The highest BCUT2D eigenvalue weighted by Crippen LogP contribution is 2.38. The predicted molar refractivity (Wildman–Crippen MR) is 120 cm³/mol. The Balaban J connectivity index is 1.82. The van der Waals surface area contributed by atoms with Gasteiger partial charge in [0.05, 0.1) is 21.3 Å². The van der Waals surface area contributed by atoms with E-state index in [1.54, 1.807) is 48.3 Å². The molecule has 0 saturated carbocycles. The van der Waals surface area contributed by atoms with Crippen molar-refractivity contribution < 1.29 is 23.8 Å². The highest BCUT2D eigenvalue weighted by Gasteiger charge is 2.18. The monoisotopic (exact) mass is 420 g/mol. The molecular formula is C24H24N2O5. The van der Waals surface area contributed by atoms with Crippen molar-refractivity contribution >= 4 is 23.2 Å². The summed E-state index contributed by atoms with van der Waals surface area (Å²) in [5, 5.41) is 2.81. The number of nitrogens with one attached hydrogen (secondary N) is 1. The number of amides is 2. The number of rotatable bonds is 7. The van der Waals surface area contributed by atoms with Crippen LogP contribution in [0.2, 0.25) is 0 Å². The normalized spacial score (nSPS) is 10.2. The Labute approximate surface area is 181 Å². The van der Waals surface area contributed by atoms with Gasteiger partial charge in [0.25, 0.3) is 11.8 Å². The average molecular weight is 420 g/mol. The first kappa shape index (κ1) is 21.7. The van der Waals surface area contributed by atoms with Gasteiger partial charge in [0.15, 0.2) is 11.5 Å². The smallest absolute Gasteiger partial charge is 0.258 e. The molecule has 160 valence electrons. The summed E-state index contributed by atoms with van der Waals surface area (Å²) in [5.41, 5.74) is 2.05.